The third-order valence-electron chi connectivity index (χ3n) is 3.51. The van der Waals surface area contributed by atoms with Crippen molar-refractivity contribution >= 4 is 0 Å². The summed E-state index contributed by atoms with van der Waals surface area (Å²) < 4.78 is 0. The molecular formula is C18H20N2. The van der Waals surface area contributed by atoms with Gasteiger partial charge in [-0.25, -0.2) is 0 Å². The second-order valence-corrected chi connectivity index (χ2v) is 5.29. The zero-order valence-corrected chi connectivity index (χ0v) is 11.8. The highest BCUT2D eigenvalue weighted by atomic mass is 15.2. The van der Waals surface area contributed by atoms with Gasteiger partial charge in [0.15, 0.2) is 0 Å². The molecule has 2 nitrogen and oxygen atoms in total. The molecule has 0 radical (unpaired) electrons. The molecule has 0 aromatic heterocycles. The van der Waals surface area contributed by atoms with Crippen molar-refractivity contribution in [1.29, 1.82) is 0 Å². The summed E-state index contributed by atoms with van der Waals surface area (Å²) in [5.41, 5.74) is 2.51. The van der Waals surface area contributed by atoms with E-state index >= 15 is 0 Å². The molecule has 1 aromatic rings. The van der Waals surface area contributed by atoms with Gasteiger partial charge in [-0.15, -0.1) is 0 Å². The van der Waals surface area contributed by atoms with Crippen molar-refractivity contribution in [2.45, 2.75) is 13.0 Å². The Hall–Kier alpha value is -1.98. The van der Waals surface area contributed by atoms with E-state index in [2.05, 4.69) is 70.3 Å². The minimum Gasteiger partial charge on any atom is -0.373 e. The molecule has 2 heterocycles. The summed E-state index contributed by atoms with van der Waals surface area (Å²) in [7, 11) is 0. The van der Waals surface area contributed by atoms with Crippen LogP contribution in [0.25, 0.3) is 0 Å². The average Bonchev–Trinajstić information content (AvgIpc) is 3.29. The standard InChI is InChI=1S/C18H20N2/c1-3-10-19(11-4-1)12-5-2-7-17-8-6-9-18(15-17)16-20-13-14-20/h1,3-4,6,8-10,15H,5,11-14,16H2. The van der Waals surface area contributed by atoms with Gasteiger partial charge in [0.1, 0.15) is 0 Å². The van der Waals surface area contributed by atoms with E-state index in [0.29, 0.717) is 0 Å². The van der Waals surface area contributed by atoms with Crippen LogP contribution in [0.3, 0.4) is 0 Å². The molecule has 2 aliphatic rings. The van der Waals surface area contributed by atoms with Gasteiger partial charge < -0.3 is 4.90 Å². The Morgan fingerprint density at radius 2 is 2.10 bits per heavy atom. The summed E-state index contributed by atoms with van der Waals surface area (Å²) >= 11 is 0. The van der Waals surface area contributed by atoms with Crippen molar-refractivity contribution in [3.8, 4) is 11.8 Å². The van der Waals surface area contributed by atoms with Crippen LogP contribution in [0, 0.1) is 11.8 Å². The molecule has 102 valence electrons. The lowest BCUT2D eigenvalue weighted by molar-refractivity contribution is 0.422. The average molecular weight is 264 g/mol. The van der Waals surface area contributed by atoms with Gasteiger partial charge in [0, 0.05) is 44.7 Å². The van der Waals surface area contributed by atoms with Gasteiger partial charge in [-0.05, 0) is 30.0 Å². The van der Waals surface area contributed by atoms with Gasteiger partial charge in [-0.1, -0.05) is 36.1 Å². The predicted octanol–water partition coefficient (Wildman–Crippen LogP) is 2.63. The molecule has 0 bridgehead atoms. The molecule has 0 N–H and O–H groups in total. The maximum atomic E-state index is 3.28. The second-order valence-electron chi connectivity index (χ2n) is 5.29. The Labute approximate surface area is 121 Å². The fourth-order valence-corrected chi connectivity index (χ4v) is 2.27. The Bertz CT molecular complexity index is 571. The van der Waals surface area contributed by atoms with Crippen LogP contribution < -0.4 is 0 Å². The molecule has 0 unspecified atom stereocenters. The minimum atomic E-state index is 0.911. The third-order valence-corrected chi connectivity index (χ3v) is 3.51. The zero-order valence-electron chi connectivity index (χ0n) is 11.8. The van der Waals surface area contributed by atoms with Crippen LogP contribution in [-0.4, -0.2) is 36.0 Å². The molecule has 20 heavy (non-hydrogen) atoms. The molecule has 0 aliphatic carbocycles. The van der Waals surface area contributed by atoms with E-state index in [9.17, 15) is 0 Å². The predicted molar refractivity (Wildman–Crippen MR) is 83.1 cm³/mol. The van der Waals surface area contributed by atoms with Crippen LogP contribution in [0.5, 0.6) is 0 Å². The number of rotatable bonds is 4. The van der Waals surface area contributed by atoms with Crippen LogP contribution in [-0.2, 0) is 6.54 Å². The van der Waals surface area contributed by atoms with Gasteiger partial charge >= 0.3 is 0 Å². The first-order chi connectivity index (χ1) is 9.90. The van der Waals surface area contributed by atoms with Crippen LogP contribution >= 0.6 is 0 Å². The Balaban J connectivity index is 1.50. The maximum Gasteiger partial charge on any atom is 0.0357 e. The number of hydrogen-bond donors (Lipinski definition) is 0. The first-order valence-electron chi connectivity index (χ1n) is 7.28. The summed E-state index contributed by atoms with van der Waals surface area (Å²) in [6, 6.07) is 8.62. The molecule has 1 fully saturated rings. The quantitative estimate of drug-likeness (QED) is 0.609. The lowest BCUT2D eigenvalue weighted by Crippen LogP contribution is -2.19. The highest BCUT2D eigenvalue weighted by molar-refractivity contribution is 5.37. The molecule has 2 aliphatic heterocycles. The topological polar surface area (TPSA) is 6.25 Å². The van der Waals surface area contributed by atoms with Crippen molar-refractivity contribution < 1.29 is 0 Å². The molecule has 0 saturated carbocycles. The smallest absolute Gasteiger partial charge is 0.0357 e. The van der Waals surface area contributed by atoms with Crippen molar-refractivity contribution in [2.24, 2.45) is 0 Å². The number of benzene rings is 1. The van der Waals surface area contributed by atoms with Crippen molar-refractivity contribution in [3.63, 3.8) is 0 Å². The van der Waals surface area contributed by atoms with E-state index in [1.165, 1.54) is 18.7 Å². The van der Waals surface area contributed by atoms with Crippen molar-refractivity contribution in [1.82, 2.24) is 9.80 Å². The molecule has 0 spiro atoms. The molecule has 0 amide bonds. The first kappa shape index (κ1) is 13.0. The number of allylic oxidation sites excluding steroid dienone is 2. The van der Waals surface area contributed by atoms with E-state index < -0.39 is 0 Å². The maximum absolute atomic E-state index is 3.28. The number of hydrogen-bond acceptors (Lipinski definition) is 2. The summed E-state index contributed by atoms with van der Waals surface area (Å²) in [5.74, 6) is 6.56. The van der Waals surface area contributed by atoms with Crippen LogP contribution in [0.2, 0.25) is 0 Å². The molecule has 1 saturated heterocycles. The lowest BCUT2D eigenvalue weighted by Gasteiger charge is -2.18. The summed E-state index contributed by atoms with van der Waals surface area (Å²) in [6.07, 6.45) is 9.38. The molecule has 2 heteroatoms. The summed E-state index contributed by atoms with van der Waals surface area (Å²) in [6.45, 7) is 5.56. The van der Waals surface area contributed by atoms with Crippen LogP contribution in [0.4, 0.5) is 0 Å². The fourth-order valence-electron chi connectivity index (χ4n) is 2.27. The summed E-state index contributed by atoms with van der Waals surface area (Å²) in [4.78, 5) is 4.70. The Morgan fingerprint density at radius 1 is 1.15 bits per heavy atom. The van der Waals surface area contributed by atoms with Gasteiger partial charge in [0.05, 0.1) is 0 Å². The Morgan fingerprint density at radius 3 is 2.90 bits per heavy atom. The number of nitrogens with zero attached hydrogens (tertiary/aromatic N) is 2. The molecule has 1 aromatic carbocycles. The third kappa shape index (κ3) is 4.01. The highest BCUT2D eigenvalue weighted by Crippen LogP contribution is 2.12. The molecule has 3 rings (SSSR count). The SMILES string of the molecule is C(#Cc1cccc(CN2CC2)c1)CCN1C=CC=CC1. The Kier molecular flexibility index (Phi) is 4.20. The van der Waals surface area contributed by atoms with E-state index in [4.69, 9.17) is 0 Å². The largest absolute Gasteiger partial charge is 0.373 e. The zero-order chi connectivity index (χ0) is 13.6. The van der Waals surface area contributed by atoms with Gasteiger partial charge in [-0.2, -0.15) is 0 Å². The highest BCUT2D eigenvalue weighted by Gasteiger charge is 2.16. The molecule has 0 atom stereocenters. The van der Waals surface area contributed by atoms with Gasteiger partial charge in [0.2, 0.25) is 0 Å². The van der Waals surface area contributed by atoms with E-state index in [1.807, 2.05) is 0 Å². The van der Waals surface area contributed by atoms with E-state index in [1.54, 1.807) is 0 Å². The molecular weight excluding hydrogens is 244 g/mol. The van der Waals surface area contributed by atoms with E-state index in [-0.39, 0.29) is 0 Å². The second kappa shape index (κ2) is 6.45. The lowest BCUT2D eigenvalue weighted by atomic mass is 10.1. The first-order valence-corrected chi connectivity index (χ1v) is 7.28. The fraction of sp³-hybridized carbons (Fsp3) is 0.333. The van der Waals surface area contributed by atoms with Gasteiger partial charge in [-0.3, -0.25) is 4.90 Å². The minimum absolute atomic E-state index is 0.911. The monoisotopic (exact) mass is 264 g/mol. The summed E-state index contributed by atoms with van der Waals surface area (Å²) in [5, 5.41) is 0. The van der Waals surface area contributed by atoms with Crippen molar-refractivity contribution in [2.75, 3.05) is 26.2 Å². The van der Waals surface area contributed by atoms with E-state index in [0.717, 1.165) is 31.6 Å². The van der Waals surface area contributed by atoms with Crippen molar-refractivity contribution in [3.05, 3.63) is 59.8 Å². The van der Waals surface area contributed by atoms with Crippen LogP contribution in [0.1, 0.15) is 17.5 Å². The normalized spacial score (nSPS) is 16.9. The van der Waals surface area contributed by atoms with Gasteiger partial charge in [0.25, 0.3) is 0 Å². The van der Waals surface area contributed by atoms with Crippen LogP contribution in [0.15, 0.2) is 48.7 Å².